The molecule has 0 aliphatic rings. The molecule has 4 aromatic rings. The number of nitrogens with one attached hydrogen (secondary N) is 1. The number of H-pyrrole nitrogens is 1. The van der Waals surface area contributed by atoms with Gasteiger partial charge >= 0.3 is 0 Å². The highest BCUT2D eigenvalue weighted by atomic mass is 32.1. The van der Waals surface area contributed by atoms with Crippen LogP contribution >= 0.6 is 11.3 Å². The van der Waals surface area contributed by atoms with E-state index in [4.69, 9.17) is 0 Å². The van der Waals surface area contributed by atoms with Crippen molar-refractivity contribution in [1.29, 1.82) is 0 Å². The zero-order valence-corrected chi connectivity index (χ0v) is 10.7. The number of halogens is 1. The van der Waals surface area contributed by atoms with E-state index in [2.05, 4.69) is 10.2 Å². The summed E-state index contributed by atoms with van der Waals surface area (Å²) in [5.41, 5.74) is 1.88. The van der Waals surface area contributed by atoms with Crippen LogP contribution in [0.5, 0.6) is 0 Å². The van der Waals surface area contributed by atoms with Crippen molar-refractivity contribution in [3.8, 4) is 10.6 Å². The third kappa shape index (κ3) is 1.57. The van der Waals surface area contributed by atoms with E-state index in [1.54, 1.807) is 6.07 Å². The topological polar surface area (TPSA) is 28.7 Å². The van der Waals surface area contributed by atoms with Gasteiger partial charge in [-0.1, -0.05) is 30.3 Å². The molecule has 1 N–H and O–H groups in total. The maximum absolute atomic E-state index is 13.7. The molecular formula is C15H9FN2S. The van der Waals surface area contributed by atoms with E-state index in [1.807, 2.05) is 36.4 Å². The smallest absolute Gasteiger partial charge is 0.141 e. The molecule has 0 saturated heterocycles. The Morgan fingerprint density at radius 1 is 1.05 bits per heavy atom. The number of hydrogen-bond donors (Lipinski definition) is 1. The molecule has 0 atom stereocenters. The Morgan fingerprint density at radius 3 is 2.84 bits per heavy atom. The second-order valence-corrected chi connectivity index (χ2v) is 5.44. The molecule has 0 saturated carbocycles. The van der Waals surface area contributed by atoms with E-state index in [-0.39, 0.29) is 5.82 Å². The van der Waals surface area contributed by atoms with Crippen LogP contribution < -0.4 is 0 Å². The van der Waals surface area contributed by atoms with E-state index < -0.39 is 0 Å². The van der Waals surface area contributed by atoms with Crippen LogP contribution in [0.15, 0.2) is 48.5 Å². The first-order chi connectivity index (χ1) is 9.33. The Balaban J connectivity index is 2.02. The number of aromatic amines is 1. The third-order valence-electron chi connectivity index (χ3n) is 3.20. The van der Waals surface area contributed by atoms with E-state index >= 15 is 0 Å². The van der Waals surface area contributed by atoms with Gasteiger partial charge in [-0.2, -0.15) is 5.10 Å². The van der Waals surface area contributed by atoms with Crippen LogP contribution in [0, 0.1) is 5.82 Å². The largest absolute Gasteiger partial charge is 0.277 e. The zero-order valence-electron chi connectivity index (χ0n) is 9.85. The summed E-state index contributed by atoms with van der Waals surface area (Å²) in [6.07, 6.45) is 0. The number of benzene rings is 2. The van der Waals surface area contributed by atoms with E-state index in [0.29, 0.717) is 4.70 Å². The van der Waals surface area contributed by atoms with Crippen LogP contribution in [0.25, 0.3) is 31.6 Å². The summed E-state index contributed by atoms with van der Waals surface area (Å²) in [5, 5.41) is 9.35. The van der Waals surface area contributed by atoms with Gasteiger partial charge in [0.05, 0.1) is 15.1 Å². The van der Waals surface area contributed by atoms with Gasteiger partial charge in [0.1, 0.15) is 11.5 Å². The number of aromatic nitrogens is 2. The fraction of sp³-hybridized carbons (Fsp3) is 0. The lowest BCUT2D eigenvalue weighted by molar-refractivity contribution is 0.642. The van der Waals surface area contributed by atoms with E-state index in [0.717, 1.165) is 26.9 Å². The first-order valence-electron chi connectivity index (χ1n) is 5.94. The van der Waals surface area contributed by atoms with Crippen LogP contribution in [-0.4, -0.2) is 10.2 Å². The fourth-order valence-corrected chi connectivity index (χ4v) is 3.36. The molecule has 0 fully saturated rings. The molecule has 0 amide bonds. The highest BCUT2D eigenvalue weighted by molar-refractivity contribution is 7.22. The molecule has 4 rings (SSSR count). The van der Waals surface area contributed by atoms with Gasteiger partial charge in [0, 0.05) is 5.39 Å². The highest BCUT2D eigenvalue weighted by Crippen LogP contribution is 2.36. The summed E-state index contributed by atoms with van der Waals surface area (Å²) in [4.78, 5) is 0.984. The van der Waals surface area contributed by atoms with E-state index in [1.165, 1.54) is 17.4 Å². The molecule has 0 aliphatic carbocycles. The SMILES string of the molecule is Fc1cccc2cc(-c3n[nH]c4ccccc34)sc12. The Labute approximate surface area is 112 Å². The molecule has 0 radical (unpaired) electrons. The number of para-hydroxylation sites is 1. The van der Waals surface area contributed by atoms with Gasteiger partial charge in [-0.05, 0) is 23.6 Å². The van der Waals surface area contributed by atoms with Crippen molar-refractivity contribution < 1.29 is 4.39 Å². The summed E-state index contributed by atoms with van der Waals surface area (Å²) in [6.45, 7) is 0. The van der Waals surface area contributed by atoms with Crippen molar-refractivity contribution >= 4 is 32.3 Å². The second kappa shape index (κ2) is 3.90. The van der Waals surface area contributed by atoms with Crippen molar-refractivity contribution in [1.82, 2.24) is 10.2 Å². The number of rotatable bonds is 1. The van der Waals surface area contributed by atoms with Crippen molar-refractivity contribution in [3.63, 3.8) is 0 Å². The fourth-order valence-electron chi connectivity index (χ4n) is 2.30. The Morgan fingerprint density at radius 2 is 1.95 bits per heavy atom. The quantitative estimate of drug-likeness (QED) is 0.537. The summed E-state index contributed by atoms with van der Waals surface area (Å²) < 4.78 is 14.4. The van der Waals surface area contributed by atoms with Crippen LogP contribution in [0.1, 0.15) is 0 Å². The maximum atomic E-state index is 13.7. The molecule has 0 aliphatic heterocycles. The molecule has 0 bridgehead atoms. The van der Waals surface area contributed by atoms with Gasteiger partial charge in [-0.15, -0.1) is 11.3 Å². The molecule has 0 spiro atoms. The zero-order chi connectivity index (χ0) is 12.8. The lowest BCUT2D eigenvalue weighted by Crippen LogP contribution is -1.71. The number of fused-ring (bicyclic) bond motifs is 2. The van der Waals surface area contributed by atoms with Gasteiger partial charge in [0.2, 0.25) is 0 Å². The molecule has 92 valence electrons. The Hall–Kier alpha value is -2.20. The maximum Gasteiger partial charge on any atom is 0.141 e. The van der Waals surface area contributed by atoms with Gasteiger partial charge in [0.25, 0.3) is 0 Å². The van der Waals surface area contributed by atoms with Crippen LogP contribution in [0.3, 0.4) is 0 Å². The standard InChI is InChI=1S/C15H9FN2S/c16-11-6-3-4-9-8-13(19-15(9)11)14-10-5-1-2-7-12(10)17-18-14/h1-8H,(H,17,18). The molecule has 19 heavy (non-hydrogen) atoms. The van der Waals surface area contributed by atoms with Crippen LogP contribution in [0.2, 0.25) is 0 Å². The molecule has 2 aromatic heterocycles. The number of thiophene rings is 1. The number of hydrogen-bond acceptors (Lipinski definition) is 2. The van der Waals surface area contributed by atoms with Crippen LogP contribution in [0.4, 0.5) is 4.39 Å². The third-order valence-corrected chi connectivity index (χ3v) is 4.37. The molecule has 2 aromatic carbocycles. The minimum absolute atomic E-state index is 0.173. The molecule has 0 unspecified atom stereocenters. The summed E-state index contributed by atoms with van der Waals surface area (Å²) in [6, 6.07) is 15.1. The summed E-state index contributed by atoms with van der Waals surface area (Å²) in [5.74, 6) is -0.173. The monoisotopic (exact) mass is 268 g/mol. The Kier molecular flexibility index (Phi) is 2.19. The highest BCUT2D eigenvalue weighted by Gasteiger charge is 2.12. The first kappa shape index (κ1) is 10.7. The molecule has 2 nitrogen and oxygen atoms in total. The van der Waals surface area contributed by atoms with Crippen LogP contribution in [-0.2, 0) is 0 Å². The minimum atomic E-state index is -0.173. The lowest BCUT2D eigenvalue weighted by Gasteiger charge is -1.91. The van der Waals surface area contributed by atoms with E-state index in [9.17, 15) is 4.39 Å². The minimum Gasteiger partial charge on any atom is -0.277 e. The molecule has 4 heteroatoms. The Bertz CT molecular complexity index is 891. The van der Waals surface area contributed by atoms with Crippen molar-refractivity contribution in [2.45, 2.75) is 0 Å². The molecular weight excluding hydrogens is 259 g/mol. The second-order valence-electron chi connectivity index (χ2n) is 4.39. The average Bonchev–Trinajstić information content (AvgIpc) is 3.02. The van der Waals surface area contributed by atoms with Gasteiger partial charge in [-0.25, -0.2) is 4.39 Å². The number of nitrogens with zero attached hydrogens (tertiary/aromatic N) is 1. The van der Waals surface area contributed by atoms with Gasteiger partial charge in [-0.3, -0.25) is 5.10 Å². The summed E-state index contributed by atoms with van der Waals surface area (Å²) in [7, 11) is 0. The van der Waals surface area contributed by atoms with Crippen molar-refractivity contribution in [2.75, 3.05) is 0 Å². The molecule has 2 heterocycles. The van der Waals surface area contributed by atoms with Gasteiger partial charge in [0.15, 0.2) is 0 Å². The van der Waals surface area contributed by atoms with Crippen molar-refractivity contribution in [2.24, 2.45) is 0 Å². The van der Waals surface area contributed by atoms with Crippen molar-refractivity contribution in [3.05, 3.63) is 54.3 Å². The van der Waals surface area contributed by atoms with Gasteiger partial charge < -0.3 is 0 Å². The average molecular weight is 268 g/mol. The predicted octanol–water partition coefficient (Wildman–Crippen LogP) is 4.58. The lowest BCUT2D eigenvalue weighted by atomic mass is 10.2. The summed E-state index contributed by atoms with van der Waals surface area (Å²) >= 11 is 1.44. The normalized spacial score (nSPS) is 11.4. The predicted molar refractivity (Wildman–Crippen MR) is 76.9 cm³/mol. The first-order valence-corrected chi connectivity index (χ1v) is 6.76.